The van der Waals surface area contributed by atoms with Gasteiger partial charge in [-0.25, -0.2) is 4.68 Å². The fourth-order valence-corrected chi connectivity index (χ4v) is 3.68. The summed E-state index contributed by atoms with van der Waals surface area (Å²) in [6.07, 6.45) is 6.38. The number of aromatic nitrogens is 2. The second kappa shape index (κ2) is 8.04. The van der Waals surface area contributed by atoms with Crippen molar-refractivity contribution in [1.82, 2.24) is 15.1 Å². The molecule has 0 bridgehead atoms. The Morgan fingerprint density at radius 3 is 2.81 bits per heavy atom. The van der Waals surface area contributed by atoms with Crippen molar-refractivity contribution in [2.24, 2.45) is 11.3 Å². The van der Waals surface area contributed by atoms with E-state index in [2.05, 4.69) is 31.2 Å². The second-order valence-electron chi connectivity index (χ2n) is 8.17. The van der Waals surface area contributed by atoms with Crippen LogP contribution in [0.5, 0.6) is 0 Å². The van der Waals surface area contributed by atoms with E-state index in [1.54, 1.807) is 10.9 Å². The highest BCUT2D eigenvalue weighted by atomic mass is 16.5. The van der Waals surface area contributed by atoms with Gasteiger partial charge in [0.05, 0.1) is 24.4 Å². The lowest BCUT2D eigenvalue weighted by Gasteiger charge is -2.40. The van der Waals surface area contributed by atoms with Crippen LogP contribution >= 0.6 is 0 Å². The molecule has 2 heterocycles. The summed E-state index contributed by atoms with van der Waals surface area (Å²) in [5, 5.41) is 7.45. The fourth-order valence-electron chi connectivity index (χ4n) is 3.68. The molecule has 0 spiro atoms. The Balaban J connectivity index is 1.54. The van der Waals surface area contributed by atoms with E-state index < -0.39 is 0 Å². The molecule has 1 aliphatic rings. The van der Waals surface area contributed by atoms with Crippen LogP contribution in [-0.4, -0.2) is 34.9 Å². The van der Waals surface area contributed by atoms with Gasteiger partial charge in [0.1, 0.15) is 0 Å². The molecule has 0 saturated carbocycles. The first kappa shape index (κ1) is 18.6. The molecule has 1 aliphatic heterocycles. The number of carbonyl (C=O) groups excluding carboxylic acids is 1. The van der Waals surface area contributed by atoms with Crippen molar-refractivity contribution in [2.75, 3.05) is 13.2 Å². The van der Waals surface area contributed by atoms with E-state index >= 15 is 0 Å². The number of benzene rings is 1. The zero-order valence-corrected chi connectivity index (χ0v) is 15.9. The molecule has 1 aromatic carbocycles. The minimum Gasteiger partial charge on any atom is -0.377 e. The summed E-state index contributed by atoms with van der Waals surface area (Å²) in [7, 11) is 0. The van der Waals surface area contributed by atoms with Crippen molar-refractivity contribution >= 4 is 5.91 Å². The van der Waals surface area contributed by atoms with Crippen molar-refractivity contribution in [3.05, 3.63) is 48.3 Å². The van der Waals surface area contributed by atoms with Gasteiger partial charge in [0.2, 0.25) is 5.91 Å². The fraction of sp³-hybridized carbons (Fsp3) is 0.524. The number of nitrogens with one attached hydrogen (secondary N) is 1. The molecule has 1 amide bonds. The summed E-state index contributed by atoms with van der Waals surface area (Å²) in [4.78, 5) is 12.4. The minimum atomic E-state index is 0.0378. The molecule has 26 heavy (non-hydrogen) atoms. The molecule has 0 radical (unpaired) electrons. The van der Waals surface area contributed by atoms with E-state index in [1.807, 2.05) is 36.5 Å². The third-order valence-corrected chi connectivity index (χ3v) is 4.88. The van der Waals surface area contributed by atoms with Gasteiger partial charge in [-0.1, -0.05) is 39.0 Å². The lowest BCUT2D eigenvalue weighted by atomic mass is 9.78. The average Bonchev–Trinajstić information content (AvgIpc) is 3.09. The summed E-state index contributed by atoms with van der Waals surface area (Å²) < 4.78 is 7.79. The Morgan fingerprint density at radius 1 is 1.31 bits per heavy atom. The summed E-state index contributed by atoms with van der Waals surface area (Å²) in [5.74, 6) is 0.413. The number of ether oxygens (including phenoxy) is 1. The highest BCUT2D eigenvalue weighted by Gasteiger charge is 2.35. The van der Waals surface area contributed by atoms with Gasteiger partial charge >= 0.3 is 0 Å². The van der Waals surface area contributed by atoms with Crippen molar-refractivity contribution in [3.63, 3.8) is 0 Å². The van der Waals surface area contributed by atoms with Crippen molar-refractivity contribution in [3.8, 4) is 5.69 Å². The number of hydrogen-bond donors (Lipinski definition) is 1. The van der Waals surface area contributed by atoms with E-state index in [4.69, 9.17) is 4.74 Å². The maximum Gasteiger partial charge on any atom is 0.224 e. The first-order valence-corrected chi connectivity index (χ1v) is 9.41. The number of nitrogens with zero attached hydrogens (tertiary/aromatic N) is 2. The Morgan fingerprint density at radius 2 is 2.08 bits per heavy atom. The van der Waals surface area contributed by atoms with Crippen molar-refractivity contribution < 1.29 is 9.53 Å². The first-order chi connectivity index (χ1) is 12.4. The molecule has 1 saturated heterocycles. The predicted octanol–water partition coefficient (Wildman–Crippen LogP) is 3.37. The molecule has 1 aromatic heterocycles. The maximum atomic E-state index is 12.4. The van der Waals surface area contributed by atoms with Gasteiger partial charge in [-0.05, 0) is 36.0 Å². The molecule has 2 aromatic rings. The van der Waals surface area contributed by atoms with Crippen LogP contribution in [0.2, 0.25) is 0 Å². The van der Waals surface area contributed by atoms with Gasteiger partial charge in [-0.15, -0.1) is 0 Å². The Hall–Kier alpha value is -2.14. The molecular weight excluding hydrogens is 326 g/mol. The molecule has 3 rings (SSSR count). The molecule has 1 N–H and O–H groups in total. The smallest absolute Gasteiger partial charge is 0.224 e. The largest absolute Gasteiger partial charge is 0.377 e. The topological polar surface area (TPSA) is 56.1 Å². The number of carbonyl (C=O) groups is 1. The van der Waals surface area contributed by atoms with Crippen LogP contribution in [0.3, 0.4) is 0 Å². The third-order valence-electron chi connectivity index (χ3n) is 4.88. The van der Waals surface area contributed by atoms with Crippen LogP contribution in [-0.2, 0) is 16.0 Å². The van der Waals surface area contributed by atoms with E-state index in [9.17, 15) is 4.79 Å². The van der Waals surface area contributed by atoms with Crippen LogP contribution in [0.1, 0.15) is 39.2 Å². The normalized spacial score (nSPS) is 20.7. The van der Waals surface area contributed by atoms with E-state index in [-0.39, 0.29) is 17.4 Å². The highest BCUT2D eigenvalue weighted by Crippen LogP contribution is 2.33. The van der Waals surface area contributed by atoms with Gasteiger partial charge in [0, 0.05) is 25.3 Å². The van der Waals surface area contributed by atoms with Gasteiger partial charge in [-0.3, -0.25) is 4.79 Å². The second-order valence-corrected chi connectivity index (χ2v) is 8.17. The van der Waals surface area contributed by atoms with Gasteiger partial charge in [-0.2, -0.15) is 5.10 Å². The third kappa shape index (κ3) is 4.73. The highest BCUT2D eigenvalue weighted by molar-refractivity contribution is 5.78. The molecule has 5 nitrogen and oxygen atoms in total. The summed E-state index contributed by atoms with van der Waals surface area (Å²) >= 11 is 0. The Kier molecular flexibility index (Phi) is 5.77. The van der Waals surface area contributed by atoms with Crippen LogP contribution in [0, 0.1) is 11.3 Å². The molecule has 140 valence electrons. The van der Waals surface area contributed by atoms with Gasteiger partial charge in [0.15, 0.2) is 0 Å². The van der Waals surface area contributed by atoms with E-state index in [0.29, 0.717) is 18.9 Å². The molecule has 0 aliphatic carbocycles. The Labute approximate surface area is 155 Å². The number of para-hydroxylation sites is 1. The van der Waals surface area contributed by atoms with Gasteiger partial charge in [0.25, 0.3) is 0 Å². The molecule has 2 unspecified atom stereocenters. The number of rotatable bonds is 5. The summed E-state index contributed by atoms with van der Waals surface area (Å²) in [5.41, 5.74) is 2.00. The number of hydrogen-bond acceptors (Lipinski definition) is 3. The monoisotopic (exact) mass is 355 g/mol. The van der Waals surface area contributed by atoms with E-state index in [1.165, 1.54) is 0 Å². The van der Waals surface area contributed by atoms with Gasteiger partial charge < -0.3 is 10.1 Å². The summed E-state index contributed by atoms with van der Waals surface area (Å²) in [6.45, 7) is 8.11. The lowest BCUT2D eigenvalue weighted by Crippen LogP contribution is -2.45. The van der Waals surface area contributed by atoms with Crippen LogP contribution < -0.4 is 5.32 Å². The zero-order chi connectivity index (χ0) is 18.6. The van der Waals surface area contributed by atoms with Crippen LogP contribution in [0.15, 0.2) is 42.7 Å². The molecule has 2 atom stereocenters. The maximum absolute atomic E-state index is 12.4. The molecule has 5 heteroatoms. The van der Waals surface area contributed by atoms with Crippen molar-refractivity contribution in [1.29, 1.82) is 0 Å². The zero-order valence-electron chi connectivity index (χ0n) is 15.9. The van der Waals surface area contributed by atoms with E-state index in [0.717, 1.165) is 30.7 Å². The standard InChI is InChI=1S/C21H29N3O2/c1-21(2,3)20-17(8-7-11-26-20)14-22-19(25)12-16-13-23-24(15-16)18-9-5-4-6-10-18/h4-6,9-10,13,15,17,20H,7-8,11-12,14H2,1-3H3,(H,22,25). The predicted molar refractivity (Wildman–Crippen MR) is 102 cm³/mol. The average molecular weight is 355 g/mol. The van der Waals surface area contributed by atoms with Crippen LogP contribution in [0.4, 0.5) is 0 Å². The quantitative estimate of drug-likeness (QED) is 0.895. The first-order valence-electron chi connectivity index (χ1n) is 9.41. The molecule has 1 fully saturated rings. The summed E-state index contributed by atoms with van der Waals surface area (Å²) in [6, 6.07) is 9.91. The van der Waals surface area contributed by atoms with Crippen LogP contribution in [0.25, 0.3) is 5.69 Å². The minimum absolute atomic E-state index is 0.0378. The SMILES string of the molecule is CC(C)(C)C1OCCCC1CNC(=O)Cc1cnn(-c2ccccc2)c1. The molecular formula is C21H29N3O2. The lowest BCUT2D eigenvalue weighted by molar-refractivity contribution is -0.122. The Bertz CT molecular complexity index is 718. The number of amides is 1. The van der Waals surface area contributed by atoms with Crippen molar-refractivity contribution in [2.45, 2.75) is 46.1 Å².